The molecule has 0 atom stereocenters. The minimum atomic E-state index is -0.636. The molecule has 0 bridgehead atoms. The van der Waals surface area contributed by atoms with Crippen molar-refractivity contribution in [2.75, 3.05) is 32.6 Å². The molecule has 0 saturated carbocycles. The SMILES string of the molecule is CCN(CC(=O)Nc1cccc(OC)c1)C(=O)Cc1[nH]c(C(C)=O)c(C)c1C(=O)OC. The van der Waals surface area contributed by atoms with E-state index in [4.69, 9.17) is 9.47 Å². The van der Waals surface area contributed by atoms with Crippen molar-refractivity contribution in [3.63, 3.8) is 0 Å². The Bertz CT molecular complexity index is 995. The smallest absolute Gasteiger partial charge is 0.339 e. The van der Waals surface area contributed by atoms with Crippen molar-refractivity contribution in [2.45, 2.75) is 27.2 Å². The van der Waals surface area contributed by atoms with E-state index in [2.05, 4.69) is 10.3 Å². The maximum Gasteiger partial charge on any atom is 0.339 e. The molecule has 1 heterocycles. The maximum absolute atomic E-state index is 12.9. The molecule has 166 valence electrons. The first-order chi connectivity index (χ1) is 14.7. The summed E-state index contributed by atoms with van der Waals surface area (Å²) in [5.41, 5.74) is 1.68. The number of nitrogens with one attached hydrogen (secondary N) is 2. The lowest BCUT2D eigenvalue weighted by molar-refractivity contribution is -0.133. The zero-order chi connectivity index (χ0) is 23.1. The van der Waals surface area contributed by atoms with Crippen LogP contribution in [-0.2, 0) is 20.7 Å². The van der Waals surface area contributed by atoms with E-state index in [0.717, 1.165) is 0 Å². The molecule has 2 amide bonds. The number of hydrogen-bond donors (Lipinski definition) is 2. The number of esters is 1. The molecule has 2 aromatic rings. The predicted molar refractivity (Wildman–Crippen MR) is 114 cm³/mol. The summed E-state index contributed by atoms with van der Waals surface area (Å²) < 4.78 is 9.93. The fraction of sp³-hybridized carbons (Fsp3) is 0.364. The molecule has 1 aromatic carbocycles. The van der Waals surface area contributed by atoms with E-state index < -0.39 is 5.97 Å². The molecular weight excluding hydrogens is 402 g/mol. The zero-order valence-corrected chi connectivity index (χ0v) is 18.3. The van der Waals surface area contributed by atoms with Gasteiger partial charge in [-0.15, -0.1) is 0 Å². The molecule has 2 N–H and O–H groups in total. The van der Waals surface area contributed by atoms with Crippen LogP contribution in [0.1, 0.15) is 46.0 Å². The zero-order valence-electron chi connectivity index (χ0n) is 18.3. The van der Waals surface area contributed by atoms with Crippen molar-refractivity contribution < 1.29 is 28.7 Å². The number of aromatic nitrogens is 1. The fourth-order valence-electron chi connectivity index (χ4n) is 3.24. The number of nitrogens with zero attached hydrogens (tertiary/aromatic N) is 1. The highest BCUT2D eigenvalue weighted by molar-refractivity contribution is 6.01. The number of H-pyrrole nitrogens is 1. The van der Waals surface area contributed by atoms with Gasteiger partial charge >= 0.3 is 5.97 Å². The van der Waals surface area contributed by atoms with Gasteiger partial charge in [-0.2, -0.15) is 0 Å². The van der Waals surface area contributed by atoms with Crippen LogP contribution < -0.4 is 10.1 Å². The van der Waals surface area contributed by atoms with Crippen molar-refractivity contribution in [3.05, 3.63) is 46.8 Å². The number of ketones is 1. The molecule has 0 spiro atoms. The van der Waals surface area contributed by atoms with Gasteiger partial charge in [-0.3, -0.25) is 14.4 Å². The number of ether oxygens (including phenoxy) is 2. The Morgan fingerprint density at radius 2 is 1.87 bits per heavy atom. The van der Waals surface area contributed by atoms with Crippen LogP contribution in [0.15, 0.2) is 24.3 Å². The van der Waals surface area contributed by atoms with Crippen LogP contribution in [0.2, 0.25) is 0 Å². The number of rotatable bonds is 9. The molecule has 0 fully saturated rings. The number of carbonyl (C=O) groups is 4. The number of methoxy groups -OCH3 is 2. The van der Waals surface area contributed by atoms with E-state index in [0.29, 0.717) is 17.0 Å². The average Bonchev–Trinajstić information content (AvgIpc) is 3.07. The van der Waals surface area contributed by atoms with E-state index in [9.17, 15) is 19.2 Å². The molecule has 0 saturated heterocycles. The Balaban J connectivity index is 2.15. The lowest BCUT2D eigenvalue weighted by Crippen LogP contribution is -2.39. The Hall–Kier alpha value is -3.62. The summed E-state index contributed by atoms with van der Waals surface area (Å²) >= 11 is 0. The van der Waals surface area contributed by atoms with E-state index in [1.807, 2.05) is 0 Å². The summed E-state index contributed by atoms with van der Waals surface area (Å²) in [7, 11) is 2.76. The summed E-state index contributed by atoms with van der Waals surface area (Å²) in [5, 5.41) is 2.73. The minimum absolute atomic E-state index is 0.165. The van der Waals surface area contributed by atoms with Gasteiger partial charge in [-0.05, 0) is 31.5 Å². The number of carbonyl (C=O) groups excluding carboxylic acids is 4. The molecule has 0 aliphatic carbocycles. The van der Waals surface area contributed by atoms with Crippen molar-refractivity contribution in [3.8, 4) is 5.75 Å². The van der Waals surface area contributed by atoms with Gasteiger partial charge < -0.3 is 24.7 Å². The Labute approximate surface area is 180 Å². The lowest BCUT2D eigenvalue weighted by Gasteiger charge is -2.20. The van der Waals surface area contributed by atoms with Crippen LogP contribution in [0.4, 0.5) is 5.69 Å². The number of hydrogen-bond acceptors (Lipinski definition) is 6. The standard InChI is InChI=1S/C22H27N3O6/c1-6-25(12-18(27)23-15-8-7-9-16(10-15)30-4)19(28)11-17-20(22(29)31-5)13(2)21(24-17)14(3)26/h7-10,24H,6,11-12H2,1-5H3,(H,23,27). The average molecular weight is 429 g/mol. The van der Waals surface area contributed by atoms with E-state index in [1.54, 1.807) is 38.1 Å². The molecule has 0 aliphatic rings. The highest BCUT2D eigenvalue weighted by Crippen LogP contribution is 2.21. The number of amides is 2. The van der Waals surface area contributed by atoms with Crippen LogP contribution in [0, 0.1) is 6.92 Å². The van der Waals surface area contributed by atoms with E-state index >= 15 is 0 Å². The quantitative estimate of drug-likeness (QED) is 0.467. The summed E-state index contributed by atoms with van der Waals surface area (Å²) in [6, 6.07) is 6.88. The van der Waals surface area contributed by atoms with Crippen molar-refractivity contribution >= 4 is 29.3 Å². The number of aromatic amines is 1. The fourth-order valence-corrected chi connectivity index (χ4v) is 3.24. The second kappa shape index (κ2) is 10.4. The van der Waals surface area contributed by atoms with Gasteiger partial charge in [-0.25, -0.2) is 4.79 Å². The molecular formula is C22H27N3O6. The minimum Gasteiger partial charge on any atom is -0.497 e. The number of benzene rings is 1. The topological polar surface area (TPSA) is 118 Å². The third-order valence-electron chi connectivity index (χ3n) is 4.82. The second-order valence-corrected chi connectivity index (χ2v) is 6.89. The van der Waals surface area contributed by atoms with Gasteiger partial charge in [0.25, 0.3) is 0 Å². The summed E-state index contributed by atoms with van der Waals surface area (Å²) in [5.74, 6) is -1.04. The molecule has 9 nitrogen and oxygen atoms in total. The van der Waals surface area contributed by atoms with Gasteiger partial charge in [0.2, 0.25) is 11.8 Å². The molecule has 1 aromatic heterocycles. The number of anilines is 1. The third-order valence-corrected chi connectivity index (χ3v) is 4.82. The number of likely N-dealkylation sites (N-methyl/N-ethyl adjacent to an activating group) is 1. The monoisotopic (exact) mass is 429 g/mol. The van der Waals surface area contributed by atoms with Gasteiger partial charge in [0, 0.05) is 30.9 Å². The molecule has 0 unspecified atom stereocenters. The third kappa shape index (κ3) is 5.71. The van der Waals surface area contributed by atoms with Crippen LogP contribution in [0.3, 0.4) is 0 Å². The van der Waals surface area contributed by atoms with Crippen molar-refractivity contribution in [1.29, 1.82) is 0 Å². The predicted octanol–water partition coefficient (Wildman–Crippen LogP) is 2.35. The Morgan fingerprint density at radius 3 is 2.45 bits per heavy atom. The first-order valence-corrected chi connectivity index (χ1v) is 9.74. The van der Waals surface area contributed by atoms with Gasteiger partial charge in [0.05, 0.1) is 38.4 Å². The largest absolute Gasteiger partial charge is 0.497 e. The molecule has 9 heteroatoms. The molecule has 0 aliphatic heterocycles. The van der Waals surface area contributed by atoms with Crippen LogP contribution >= 0.6 is 0 Å². The first-order valence-electron chi connectivity index (χ1n) is 9.74. The highest BCUT2D eigenvalue weighted by atomic mass is 16.5. The van der Waals surface area contributed by atoms with E-state index in [1.165, 1.54) is 26.0 Å². The van der Waals surface area contributed by atoms with Crippen LogP contribution in [-0.4, -0.2) is 60.8 Å². The van der Waals surface area contributed by atoms with Crippen molar-refractivity contribution in [2.24, 2.45) is 0 Å². The number of Topliss-reactive ketones (excluding diaryl/α,β-unsaturated/α-hetero) is 1. The van der Waals surface area contributed by atoms with E-state index in [-0.39, 0.29) is 54.1 Å². The van der Waals surface area contributed by atoms with Gasteiger partial charge in [-0.1, -0.05) is 6.07 Å². The maximum atomic E-state index is 12.9. The van der Waals surface area contributed by atoms with Crippen molar-refractivity contribution in [1.82, 2.24) is 9.88 Å². The summed E-state index contributed by atoms with van der Waals surface area (Å²) in [6.07, 6.45) is -0.182. The highest BCUT2D eigenvalue weighted by Gasteiger charge is 2.26. The normalized spacial score (nSPS) is 10.4. The molecule has 0 radical (unpaired) electrons. The molecule has 2 rings (SSSR count). The van der Waals surface area contributed by atoms with Crippen LogP contribution in [0.25, 0.3) is 0 Å². The Kier molecular flexibility index (Phi) is 7.95. The van der Waals surface area contributed by atoms with Gasteiger partial charge in [0.15, 0.2) is 5.78 Å². The lowest BCUT2D eigenvalue weighted by atomic mass is 10.1. The first kappa shape index (κ1) is 23.7. The summed E-state index contributed by atoms with van der Waals surface area (Å²) in [6.45, 7) is 4.86. The second-order valence-electron chi connectivity index (χ2n) is 6.89. The molecule has 31 heavy (non-hydrogen) atoms. The van der Waals surface area contributed by atoms with Gasteiger partial charge in [0.1, 0.15) is 5.75 Å². The Morgan fingerprint density at radius 1 is 1.16 bits per heavy atom. The summed E-state index contributed by atoms with van der Waals surface area (Å²) in [4.78, 5) is 53.6. The van der Waals surface area contributed by atoms with Crippen LogP contribution in [0.5, 0.6) is 5.75 Å².